The first-order valence-corrected chi connectivity index (χ1v) is 8.14. The van der Waals surface area contributed by atoms with E-state index in [-0.39, 0.29) is 11.8 Å². The number of hydrogen-bond acceptors (Lipinski definition) is 4. The van der Waals surface area contributed by atoms with Crippen molar-refractivity contribution in [2.24, 2.45) is 5.92 Å². The number of nitrogens with zero attached hydrogens (tertiary/aromatic N) is 1. The van der Waals surface area contributed by atoms with Crippen LogP contribution in [0.25, 0.3) is 0 Å². The van der Waals surface area contributed by atoms with Gasteiger partial charge in [-0.3, -0.25) is 9.59 Å². The minimum Gasteiger partial charge on any atom is -0.493 e. The SMILES string of the molecule is COc1ccc(C(=O)NCCN(CCC(C)C)C(C)=O)cc1OC. The number of benzene rings is 1. The smallest absolute Gasteiger partial charge is 0.251 e. The summed E-state index contributed by atoms with van der Waals surface area (Å²) in [5, 5.41) is 2.83. The molecule has 0 aromatic heterocycles. The van der Waals surface area contributed by atoms with Gasteiger partial charge in [-0.2, -0.15) is 0 Å². The lowest BCUT2D eigenvalue weighted by Crippen LogP contribution is -2.38. The summed E-state index contributed by atoms with van der Waals surface area (Å²) in [6, 6.07) is 5.01. The molecule has 0 spiro atoms. The summed E-state index contributed by atoms with van der Waals surface area (Å²) in [5.74, 6) is 1.44. The van der Waals surface area contributed by atoms with E-state index in [1.54, 1.807) is 37.1 Å². The fourth-order valence-electron chi connectivity index (χ4n) is 2.22. The van der Waals surface area contributed by atoms with Crippen molar-refractivity contribution < 1.29 is 19.1 Å². The molecule has 1 aromatic rings. The number of carbonyl (C=O) groups is 2. The fourth-order valence-corrected chi connectivity index (χ4v) is 2.22. The zero-order valence-electron chi connectivity index (χ0n) is 15.2. The van der Waals surface area contributed by atoms with Crippen LogP contribution >= 0.6 is 0 Å². The Labute approximate surface area is 144 Å². The van der Waals surface area contributed by atoms with Crippen molar-refractivity contribution in [2.75, 3.05) is 33.9 Å². The molecular weight excluding hydrogens is 308 g/mol. The Kier molecular flexibility index (Phi) is 8.09. The summed E-state index contributed by atoms with van der Waals surface area (Å²) in [5.41, 5.74) is 0.490. The van der Waals surface area contributed by atoms with Crippen LogP contribution in [0.2, 0.25) is 0 Å². The highest BCUT2D eigenvalue weighted by molar-refractivity contribution is 5.94. The van der Waals surface area contributed by atoms with Gasteiger partial charge >= 0.3 is 0 Å². The molecule has 2 amide bonds. The Morgan fingerprint density at radius 3 is 2.33 bits per heavy atom. The molecule has 0 fully saturated rings. The molecule has 0 atom stereocenters. The average molecular weight is 336 g/mol. The van der Waals surface area contributed by atoms with Gasteiger partial charge in [-0.1, -0.05) is 13.8 Å². The highest BCUT2D eigenvalue weighted by Gasteiger charge is 2.12. The summed E-state index contributed by atoms with van der Waals surface area (Å²) in [4.78, 5) is 25.6. The van der Waals surface area contributed by atoms with E-state index in [0.717, 1.165) is 6.42 Å². The molecule has 0 aliphatic carbocycles. The van der Waals surface area contributed by atoms with Crippen LogP contribution in [-0.2, 0) is 4.79 Å². The Morgan fingerprint density at radius 2 is 1.79 bits per heavy atom. The first-order valence-electron chi connectivity index (χ1n) is 8.14. The Hall–Kier alpha value is -2.24. The van der Waals surface area contributed by atoms with E-state index in [9.17, 15) is 9.59 Å². The monoisotopic (exact) mass is 336 g/mol. The summed E-state index contributed by atoms with van der Waals surface area (Å²) in [6.07, 6.45) is 0.948. The van der Waals surface area contributed by atoms with Crippen LogP contribution < -0.4 is 14.8 Å². The summed E-state index contributed by atoms with van der Waals surface area (Å²) >= 11 is 0. The molecule has 6 nitrogen and oxygen atoms in total. The minimum atomic E-state index is -0.205. The van der Waals surface area contributed by atoms with Crippen molar-refractivity contribution in [1.29, 1.82) is 0 Å². The van der Waals surface area contributed by atoms with Gasteiger partial charge in [0.2, 0.25) is 5.91 Å². The van der Waals surface area contributed by atoms with Crippen LogP contribution in [0.4, 0.5) is 0 Å². The maximum absolute atomic E-state index is 12.2. The van der Waals surface area contributed by atoms with Crippen molar-refractivity contribution in [3.63, 3.8) is 0 Å². The second-order valence-corrected chi connectivity index (χ2v) is 6.01. The van der Waals surface area contributed by atoms with E-state index < -0.39 is 0 Å². The lowest BCUT2D eigenvalue weighted by atomic mass is 10.1. The van der Waals surface area contributed by atoms with E-state index in [1.807, 2.05) is 0 Å². The average Bonchev–Trinajstić information content (AvgIpc) is 2.56. The predicted molar refractivity (Wildman–Crippen MR) is 93.6 cm³/mol. The van der Waals surface area contributed by atoms with Crippen molar-refractivity contribution in [2.45, 2.75) is 27.2 Å². The molecule has 0 unspecified atom stereocenters. The van der Waals surface area contributed by atoms with Crippen molar-refractivity contribution >= 4 is 11.8 Å². The minimum absolute atomic E-state index is 0.0241. The third kappa shape index (κ3) is 6.10. The van der Waals surface area contributed by atoms with Crippen LogP contribution in [0.3, 0.4) is 0 Å². The van der Waals surface area contributed by atoms with Gasteiger partial charge in [-0.25, -0.2) is 0 Å². The number of hydrogen-bond donors (Lipinski definition) is 1. The van der Waals surface area contributed by atoms with Gasteiger partial charge in [0.1, 0.15) is 0 Å². The van der Waals surface area contributed by atoms with Crippen molar-refractivity contribution in [3.8, 4) is 11.5 Å². The summed E-state index contributed by atoms with van der Waals surface area (Å²) in [7, 11) is 3.07. The van der Waals surface area contributed by atoms with Gasteiger partial charge in [0.15, 0.2) is 11.5 Å². The second kappa shape index (κ2) is 9.80. The lowest BCUT2D eigenvalue weighted by Gasteiger charge is -2.22. The largest absolute Gasteiger partial charge is 0.493 e. The highest BCUT2D eigenvalue weighted by atomic mass is 16.5. The Balaban J connectivity index is 2.57. The molecule has 0 bridgehead atoms. The van der Waals surface area contributed by atoms with Crippen LogP contribution in [0.5, 0.6) is 11.5 Å². The van der Waals surface area contributed by atoms with Crippen LogP contribution in [-0.4, -0.2) is 50.6 Å². The van der Waals surface area contributed by atoms with Gasteiger partial charge in [-0.15, -0.1) is 0 Å². The Morgan fingerprint density at radius 1 is 1.12 bits per heavy atom. The van der Waals surface area contributed by atoms with Gasteiger partial charge in [-0.05, 0) is 30.5 Å². The zero-order valence-corrected chi connectivity index (χ0v) is 15.2. The number of ether oxygens (including phenoxy) is 2. The third-order valence-corrected chi connectivity index (χ3v) is 3.73. The van der Waals surface area contributed by atoms with Crippen LogP contribution in [0, 0.1) is 5.92 Å². The molecule has 0 radical (unpaired) electrons. The molecular formula is C18H28N2O4. The molecule has 0 saturated carbocycles. The van der Waals surface area contributed by atoms with Crippen molar-refractivity contribution in [3.05, 3.63) is 23.8 Å². The molecule has 0 heterocycles. The quantitative estimate of drug-likeness (QED) is 0.751. The number of nitrogens with one attached hydrogen (secondary N) is 1. The normalized spacial score (nSPS) is 10.4. The maximum atomic E-state index is 12.2. The molecule has 0 aliphatic rings. The number of carbonyl (C=O) groups excluding carboxylic acids is 2. The van der Waals surface area contributed by atoms with E-state index in [2.05, 4.69) is 19.2 Å². The first-order chi connectivity index (χ1) is 11.4. The van der Waals surface area contributed by atoms with Gasteiger partial charge in [0, 0.05) is 32.1 Å². The molecule has 6 heteroatoms. The van der Waals surface area contributed by atoms with Crippen LogP contribution in [0.1, 0.15) is 37.6 Å². The molecule has 1 aromatic carbocycles. The van der Waals surface area contributed by atoms with Gasteiger partial charge in [0.25, 0.3) is 5.91 Å². The third-order valence-electron chi connectivity index (χ3n) is 3.73. The summed E-state index contributed by atoms with van der Waals surface area (Å²) in [6.45, 7) is 7.41. The van der Waals surface area contributed by atoms with E-state index in [1.165, 1.54) is 7.11 Å². The highest BCUT2D eigenvalue weighted by Crippen LogP contribution is 2.27. The second-order valence-electron chi connectivity index (χ2n) is 6.01. The van der Waals surface area contributed by atoms with Crippen molar-refractivity contribution in [1.82, 2.24) is 10.2 Å². The lowest BCUT2D eigenvalue weighted by molar-refractivity contribution is -0.128. The van der Waals surface area contributed by atoms with E-state index in [4.69, 9.17) is 9.47 Å². The molecule has 1 rings (SSSR count). The number of amides is 2. The molecule has 0 saturated heterocycles. The Bertz CT molecular complexity index is 558. The topological polar surface area (TPSA) is 67.9 Å². The first kappa shape index (κ1) is 19.8. The molecule has 134 valence electrons. The van der Waals surface area contributed by atoms with Crippen LogP contribution in [0.15, 0.2) is 18.2 Å². The zero-order chi connectivity index (χ0) is 18.1. The van der Waals surface area contributed by atoms with E-state index >= 15 is 0 Å². The van der Waals surface area contributed by atoms with Gasteiger partial charge in [0.05, 0.1) is 14.2 Å². The molecule has 0 aliphatic heterocycles. The predicted octanol–water partition coefficient (Wildman–Crippen LogP) is 2.33. The number of rotatable bonds is 9. The van der Waals surface area contributed by atoms with E-state index in [0.29, 0.717) is 42.6 Å². The standard InChI is InChI=1S/C18H28N2O4/c1-13(2)8-10-20(14(3)21)11-9-19-18(22)15-6-7-16(23-4)17(12-15)24-5/h6-7,12-13H,8-11H2,1-5H3,(H,19,22). The summed E-state index contributed by atoms with van der Waals surface area (Å²) < 4.78 is 10.4. The maximum Gasteiger partial charge on any atom is 0.251 e. The fraction of sp³-hybridized carbons (Fsp3) is 0.556. The number of methoxy groups -OCH3 is 2. The van der Waals surface area contributed by atoms with Gasteiger partial charge < -0.3 is 19.7 Å². The molecule has 1 N–H and O–H groups in total. The molecule has 24 heavy (non-hydrogen) atoms.